The van der Waals surface area contributed by atoms with Crippen LogP contribution in [-0.4, -0.2) is 64.4 Å². The highest BCUT2D eigenvalue weighted by atomic mass is 16.7. The number of hydrogen-bond donors (Lipinski definition) is 2. The second-order valence-corrected chi connectivity index (χ2v) is 10.3. The number of nitrogens with zero attached hydrogens (tertiary/aromatic N) is 3. The predicted octanol–water partition coefficient (Wildman–Crippen LogP) is 3.85. The van der Waals surface area contributed by atoms with Gasteiger partial charge in [0.15, 0.2) is 11.5 Å². The molecule has 1 aromatic heterocycles. The maximum absolute atomic E-state index is 13.8. The van der Waals surface area contributed by atoms with Crippen molar-refractivity contribution in [2.45, 2.75) is 44.8 Å². The second kappa shape index (κ2) is 12.5. The number of ether oxygens (including phenoxy) is 2. The van der Waals surface area contributed by atoms with E-state index in [-0.39, 0.29) is 31.8 Å². The molecule has 0 aliphatic carbocycles. The molecule has 2 aliphatic rings. The van der Waals surface area contributed by atoms with Gasteiger partial charge < -0.3 is 24.6 Å². The van der Waals surface area contributed by atoms with Gasteiger partial charge in [0.05, 0.1) is 31.0 Å². The Kier molecular flexibility index (Phi) is 8.62. The predicted molar refractivity (Wildman–Crippen MR) is 149 cm³/mol. The highest BCUT2D eigenvalue weighted by Gasteiger charge is 2.47. The lowest BCUT2D eigenvalue weighted by atomic mass is 9.82. The van der Waals surface area contributed by atoms with Gasteiger partial charge in [-0.3, -0.25) is 19.5 Å². The monoisotopic (exact) mass is 545 g/mol. The van der Waals surface area contributed by atoms with Crippen LogP contribution in [0.4, 0.5) is 5.69 Å². The van der Waals surface area contributed by atoms with E-state index in [0.29, 0.717) is 31.0 Å². The van der Waals surface area contributed by atoms with Crippen molar-refractivity contribution in [1.82, 2.24) is 9.88 Å². The Balaban J connectivity index is 1.49. The van der Waals surface area contributed by atoms with Crippen LogP contribution < -0.4 is 14.4 Å². The summed E-state index contributed by atoms with van der Waals surface area (Å²) in [4.78, 5) is 34.6. The van der Waals surface area contributed by atoms with E-state index in [1.165, 1.54) is 0 Å². The number of carbonyl (C=O) groups excluding carboxylic acids is 1. The van der Waals surface area contributed by atoms with Crippen molar-refractivity contribution in [2.75, 3.05) is 31.3 Å². The van der Waals surface area contributed by atoms with Crippen LogP contribution in [0.3, 0.4) is 0 Å². The summed E-state index contributed by atoms with van der Waals surface area (Å²) in [5.41, 5.74) is 3.19. The van der Waals surface area contributed by atoms with Gasteiger partial charge in [0.2, 0.25) is 12.7 Å². The number of pyridine rings is 1. The number of unbranched alkanes of at least 4 members (excludes halogenated alkanes) is 1. The van der Waals surface area contributed by atoms with Crippen LogP contribution in [0.5, 0.6) is 11.5 Å². The molecule has 3 atom stereocenters. The molecular weight excluding hydrogens is 510 g/mol. The Morgan fingerprint density at radius 3 is 2.60 bits per heavy atom. The standard InChI is InChI=1S/C31H35N3O6/c1-2-3-13-34(24-9-6-12-32-16-24)29(36)18-33-17-25(22-10-11-27-28(15-22)40-20-39-27)30(31(37)38)26(33)14-21-7-4-5-8-23(21)19-35/h4-12,15-16,25-26,30,35H,2-3,13-14,17-20H2,1H3,(H,37,38)/t25-,26+,30-/m1/s1. The maximum atomic E-state index is 13.8. The van der Waals surface area contributed by atoms with Gasteiger partial charge in [0.1, 0.15) is 0 Å². The number of anilines is 1. The van der Waals surface area contributed by atoms with E-state index in [1.54, 1.807) is 17.3 Å². The zero-order valence-electron chi connectivity index (χ0n) is 22.6. The van der Waals surface area contributed by atoms with Gasteiger partial charge >= 0.3 is 5.97 Å². The van der Waals surface area contributed by atoms with Crippen molar-refractivity contribution >= 4 is 17.6 Å². The summed E-state index contributed by atoms with van der Waals surface area (Å²) in [6.07, 6.45) is 5.52. The summed E-state index contributed by atoms with van der Waals surface area (Å²) in [6.45, 7) is 3.08. The molecule has 0 radical (unpaired) electrons. The van der Waals surface area contributed by atoms with Gasteiger partial charge in [-0.15, -0.1) is 0 Å². The van der Waals surface area contributed by atoms with Crippen LogP contribution in [0.25, 0.3) is 0 Å². The average molecular weight is 546 g/mol. The smallest absolute Gasteiger partial charge is 0.308 e. The Hall–Kier alpha value is -3.95. The van der Waals surface area contributed by atoms with Crippen molar-refractivity contribution in [1.29, 1.82) is 0 Å². The number of amides is 1. The molecule has 9 nitrogen and oxygen atoms in total. The van der Waals surface area contributed by atoms with E-state index in [1.807, 2.05) is 59.5 Å². The normalized spacial score (nSPS) is 20.0. The number of benzene rings is 2. The lowest BCUT2D eigenvalue weighted by molar-refractivity contribution is -0.143. The Labute approximate surface area is 234 Å². The second-order valence-electron chi connectivity index (χ2n) is 10.3. The lowest BCUT2D eigenvalue weighted by Crippen LogP contribution is -2.45. The molecule has 0 saturated carbocycles. The van der Waals surface area contributed by atoms with E-state index in [2.05, 4.69) is 11.9 Å². The fourth-order valence-electron chi connectivity index (χ4n) is 5.85. The molecule has 9 heteroatoms. The van der Waals surface area contributed by atoms with Crippen molar-refractivity contribution in [3.8, 4) is 11.5 Å². The molecule has 3 aromatic rings. The van der Waals surface area contributed by atoms with E-state index in [0.717, 1.165) is 35.2 Å². The molecule has 0 bridgehead atoms. The third-order valence-corrected chi connectivity index (χ3v) is 7.91. The summed E-state index contributed by atoms with van der Waals surface area (Å²) in [6, 6.07) is 16.3. The molecule has 5 rings (SSSR count). The number of aliphatic hydroxyl groups is 1. The Morgan fingerprint density at radius 1 is 1.07 bits per heavy atom. The number of aliphatic carboxylic acids is 1. The quantitative estimate of drug-likeness (QED) is 0.374. The summed E-state index contributed by atoms with van der Waals surface area (Å²) in [7, 11) is 0. The number of aromatic nitrogens is 1. The van der Waals surface area contributed by atoms with Gasteiger partial charge in [0, 0.05) is 31.2 Å². The van der Waals surface area contributed by atoms with Crippen molar-refractivity contribution < 1.29 is 29.3 Å². The van der Waals surface area contributed by atoms with Gasteiger partial charge in [-0.2, -0.15) is 0 Å². The van der Waals surface area contributed by atoms with E-state index in [9.17, 15) is 19.8 Å². The summed E-state index contributed by atoms with van der Waals surface area (Å²) < 4.78 is 11.0. The van der Waals surface area contributed by atoms with Crippen LogP contribution >= 0.6 is 0 Å². The zero-order chi connectivity index (χ0) is 28.1. The fourth-order valence-corrected chi connectivity index (χ4v) is 5.85. The Bertz CT molecular complexity index is 1330. The third-order valence-electron chi connectivity index (χ3n) is 7.91. The van der Waals surface area contributed by atoms with Crippen LogP contribution in [0.2, 0.25) is 0 Å². The first-order valence-corrected chi connectivity index (χ1v) is 13.7. The molecule has 2 aromatic carbocycles. The summed E-state index contributed by atoms with van der Waals surface area (Å²) in [5.74, 6) is -0.926. The topological polar surface area (TPSA) is 112 Å². The number of carboxylic acid groups (broad SMARTS) is 1. The van der Waals surface area contributed by atoms with Crippen molar-refractivity contribution in [2.24, 2.45) is 5.92 Å². The molecule has 0 unspecified atom stereocenters. The molecule has 2 N–H and O–H groups in total. The number of aliphatic hydroxyl groups excluding tert-OH is 1. The van der Waals surface area contributed by atoms with Crippen molar-refractivity contribution in [3.05, 3.63) is 83.7 Å². The van der Waals surface area contributed by atoms with Crippen LogP contribution in [-0.2, 0) is 22.6 Å². The largest absolute Gasteiger partial charge is 0.481 e. The highest BCUT2D eigenvalue weighted by Crippen LogP contribution is 2.43. The summed E-state index contributed by atoms with van der Waals surface area (Å²) in [5, 5.41) is 20.5. The summed E-state index contributed by atoms with van der Waals surface area (Å²) >= 11 is 0. The minimum Gasteiger partial charge on any atom is -0.481 e. The Morgan fingerprint density at radius 2 is 1.88 bits per heavy atom. The zero-order valence-corrected chi connectivity index (χ0v) is 22.6. The van der Waals surface area contributed by atoms with Gasteiger partial charge in [0.25, 0.3) is 0 Å². The first kappa shape index (κ1) is 27.6. The fraction of sp³-hybridized carbons (Fsp3) is 0.387. The number of fused-ring (bicyclic) bond motifs is 1. The molecule has 1 amide bonds. The first-order chi connectivity index (χ1) is 19.5. The molecule has 1 saturated heterocycles. The molecule has 40 heavy (non-hydrogen) atoms. The number of hydrogen-bond acceptors (Lipinski definition) is 7. The van der Waals surface area contributed by atoms with E-state index >= 15 is 0 Å². The van der Waals surface area contributed by atoms with E-state index in [4.69, 9.17) is 9.47 Å². The number of rotatable bonds is 11. The molecule has 1 fully saturated rings. The van der Waals surface area contributed by atoms with Gasteiger partial charge in [-0.25, -0.2) is 0 Å². The molecule has 2 aliphatic heterocycles. The van der Waals surface area contributed by atoms with Crippen LogP contribution in [0, 0.1) is 5.92 Å². The SMILES string of the molecule is CCCCN(C(=O)CN1C[C@H](c2ccc3c(c2)OCO3)[C@@H](C(=O)O)[C@@H]1Cc1ccccc1CO)c1cccnc1. The van der Waals surface area contributed by atoms with Crippen LogP contribution in [0.1, 0.15) is 42.4 Å². The lowest BCUT2D eigenvalue weighted by Gasteiger charge is -2.30. The van der Waals surface area contributed by atoms with Crippen LogP contribution in [0.15, 0.2) is 67.0 Å². The minimum atomic E-state index is -0.917. The first-order valence-electron chi connectivity index (χ1n) is 13.7. The van der Waals surface area contributed by atoms with E-state index < -0.39 is 17.9 Å². The average Bonchev–Trinajstić information content (AvgIpc) is 3.58. The number of carboxylic acids is 1. The third kappa shape index (κ3) is 5.80. The number of carbonyl (C=O) groups is 2. The molecule has 3 heterocycles. The number of likely N-dealkylation sites (tertiary alicyclic amines) is 1. The molecule has 0 spiro atoms. The van der Waals surface area contributed by atoms with Gasteiger partial charge in [-0.05, 0) is 53.8 Å². The minimum absolute atomic E-state index is 0.0649. The maximum Gasteiger partial charge on any atom is 0.308 e. The highest BCUT2D eigenvalue weighted by molar-refractivity contribution is 5.94. The van der Waals surface area contributed by atoms with Gasteiger partial charge in [-0.1, -0.05) is 43.7 Å². The molecular formula is C31H35N3O6. The van der Waals surface area contributed by atoms with Crippen molar-refractivity contribution in [3.63, 3.8) is 0 Å². The molecule has 210 valence electrons.